The van der Waals surface area contributed by atoms with Gasteiger partial charge in [0, 0.05) is 0 Å². The summed E-state index contributed by atoms with van der Waals surface area (Å²) in [5.41, 5.74) is 5.57. The van der Waals surface area contributed by atoms with Crippen molar-refractivity contribution < 1.29 is 0 Å². The molecule has 0 saturated heterocycles. The Hall–Kier alpha value is 0.0836. The molecule has 3 rings (SSSR count). The fraction of sp³-hybridized carbons (Fsp3) is 0.824. The van der Waals surface area contributed by atoms with Gasteiger partial charge >= 0.3 is 233 Å². The van der Waals surface area contributed by atoms with E-state index in [-0.39, 0.29) is 0 Å². The average molecular weight is 599 g/mol. The molecule has 1 unspecified atom stereocenters. The van der Waals surface area contributed by atoms with E-state index in [1.54, 1.807) is 0 Å². The van der Waals surface area contributed by atoms with Crippen molar-refractivity contribution in [2.24, 2.45) is 5.92 Å². The Morgan fingerprint density at radius 3 is 1.69 bits per heavy atom. The van der Waals surface area contributed by atoms with Crippen LogP contribution in [0, 0.1) is 5.92 Å². The van der Waals surface area contributed by atoms with Gasteiger partial charge in [0.05, 0.1) is 0 Å². The summed E-state index contributed by atoms with van der Waals surface area (Å²) in [6, 6.07) is 0. The van der Waals surface area contributed by atoms with Gasteiger partial charge in [-0.1, -0.05) is 0 Å². The molecule has 0 bridgehead atoms. The first kappa shape index (κ1) is 30.6. The van der Waals surface area contributed by atoms with Crippen LogP contribution in [0.15, 0.2) is 32.4 Å². The summed E-state index contributed by atoms with van der Waals surface area (Å²) in [4.78, 5) is 8.15. The topological polar surface area (TPSA) is 0 Å². The molecule has 2 fully saturated rings. The van der Waals surface area contributed by atoms with E-state index in [2.05, 4.69) is 47.7 Å². The Kier molecular flexibility index (Phi) is 13.3. The second kappa shape index (κ2) is 15.6. The second-order valence-corrected chi connectivity index (χ2v) is 28.1. The predicted octanol–water partition coefficient (Wildman–Crippen LogP) is 11.9. The third-order valence-electron chi connectivity index (χ3n) is 9.81. The molecule has 204 valence electrons. The maximum absolute atomic E-state index is 2.95. The van der Waals surface area contributed by atoms with E-state index < -0.39 is 18.4 Å². The summed E-state index contributed by atoms with van der Waals surface area (Å²) >= 11 is -2.32. The Morgan fingerprint density at radius 1 is 0.750 bits per heavy atom. The molecule has 0 spiro atoms. The van der Waals surface area contributed by atoms with Gasteiger partial charge in [-0.15, -0.1) is 0 Å². The Bertz CT molecular complexity index is 712. The molecule has 0 nitrogen and oxygen atoms in total. The molecule has 3 aliphatic carbocycles. The second-order valence-electron chi connectivity index (χ2n) is 13.8. The molecule has 0 amide bonds. The molecule has 0 aliphatic heterocycles. The van der Waals surface area contributed by atoms with E-state index in [1.807, 2.05) is 20.2 Å². The Labute approximate surface area is 231 Å². The molecular weight excluding hydrogens is 538 g/mol. The predicted molar refractivity (Wildman–Crippen MR) is 168 cm³/mol. The fourth-order valence-electron chi connectivity index (χ4n) is 7.78. The van der Waals surface area contributed by atoms with Gasteiger partial charge in [0.1, 0.15) is 0 Å². The fourth-order valence-corrected chi connectivity index (χ4v) is 12.6. The molecule has 2 heteroatoms. The van der Waals surface area contributed by atoms with Crippen LogP contribution in [-0.2, 0) is 0 Å². The van der Waals surface area contributed by atoms with Gasteiger partial charge < -0.3 is 0 Å². The summed E-state index contributed by atoms with van der Waals surface area (Å²) in [6.45, 7) is 8.02. The van der Waals surface area contributed by atoms with Crippen LogP contribution in [0.3, 0.4) is 0 Å². The molecule has 0 heterocycles. The minimum atomic E-state index is -2.32. The monoisotopic (exact) mass is 600 g/mol. The van der Waals surface area contributed by atoms with Crippen molar-refractivity contribution in [2.75, 3.05) is 0 Å². The van der Waals surface area contributed by atoms with E-state index in [4.69, 9.17) is 0 Å². The first-order valence-corrected chi connectivity index (χ1v) is 26.6. The number of hydrogen-bond acceptors (Lipinski definition) is 0. The third kappa shape index (κ3) is 8.54. The summed E-state index contributed by atoms with van der Waals surface area (Å²) in [5, 5.41) is 0. The van der Waals surface area contributed by atoms with E-state index in [9.17, 15) is 0 Å². The van der Waals surface area contributed by atoms with Gasteiger partial charge in [0.25, 0.3) is 0 Å². The maximum atomic E-state index is 2.95. The molecular formula is C34H61BSn. The first-order valence-electron chi connectivity index (χ1n) is 16.6. The zero-order valence-electron chi connectivity index (χ0n) is 25.4. The number of allylic oxidation sites excluding steroid dienone is 6. The van der Waals surface area contributed by atoms with Gasteiger partial charge in [-0.25, -0.2) is 0 Å². The number of hydrogen-bond donors (Lipinski definition) is 0. The number of rotatable bonds is 13. The SMILES string of the molecule is CCCCC(CCCC)=C1C=[C]([Sn]([CH3])([CH3])[CH3])C(B(C2CCCCC2)C2CCCCC2)=CC1CCCC. The van der Waals surface area contributed by atoms with Crippen molar-refractivity contribution >= 4 is 25.1 Å². The van der Waals surface area contributed by atoms with E-state index in [0.29, 0.717) is 5.92 Å². The molecule has 0 aromatic rings. The Balaban J connectivity index is 2.11. The molecule has 2 saturated carbocycles. The molecule has 3 aliphatic rings. The van der Waals surface area contributed by atoms with Gasteiger partial charge in [-0.3, -0.25) is 0 Å². The van der Waals surface area contributed by atoms with Crippen molar-refractivity contribution in [1.82, 2.24) is 0 Å². The van der Waals surface area contributed by atoms with Crippen molar-refractivity contribution in [1.29, 1.82) is 0 Å². The molecule has 0 aromatic carbocycles. The van der Waals surface area contributed by atoms with Crippen LogP contribution in [0.1, 0.15) is 143 Å². The average Bonchev–Trinajstić information content (AvgIpc) is 2.88. The minimum absolute atomic E-state index is 0.690. The van der Waals surface area contributed by atoms with Crippen molar-refractivity contribution in [3.63, 3.8) is 0 Å². The standard InChI is InChI=1S/C31H52B.3CH3.Sn/c1-4-7-16-26(17-8-5-2)31-24-23-30(25-27(31)18-9-6-3)32(28-19-12-10-13-20-28)29-21-14-11-15-22-29;;;;/h24-25,27-29H,4-22H2,1-3H3;3*1H3;. The van der Waals surface area contributed by atoms with Crippen LogP contribution in [0.5, 0.6) is 0 Å². The van der Waals surface area contributed by atoms with Crippen molar-refractivity contribution in [2.45, 2.75) is 169 Å². The first-order chi connectivity index (χ1) is 17.4. The van der Waals surface area contributed by atoms with Crippen LogP contribution in [0.2, 0.25) is 26.5 Å². The van der Waals surface area contributed by atoms with E-state index >= 15 is 0 Å². The molecule has 0 N–H and O–H groups in total. The zero-order valence-corrected chi connectivity index (χ0v) is 28.3. The van der Waals surface area contributed by atoms with Crippen LogP contribution in [0.4, 0.5) is 0 Å². The van der Waals surface area contributed by atoms with E-state index in [1.165, 1.54) is 122 Å². The molecule has 36 heavy (non-hydrogen) atoms. The molecule has 0 aromatic heterocycles. The summed E-state index contributed by atoms with van der Waals surface area (Å²) in [6.07, 6.45) is 33.0. The van der Waals surface area contributed by atoms with Crippen LogP contribution >= 0.6 is 0 Å². The van der Waals surface area contributed by atoms with Crippen LogP contribution < -0.4 is 0 Å². The van der Waals surface area contributed by atoms with Gasteiger partial charge in [0.15, 0.2) is 0 Å². The molecule has 0 radical (unpaired) electrons. The molecule has 1 atom stereocenters. The van der Waals surface area contributed by atoms with Crippen molar-refractivity contribution in [3.05, 3.63) is 32.4 Å². The van der Waals surface area contributed by atoms with Gasteiger partial charge in [-0.05, 0) is 0 Å². The summed E-state index contributed by atoms with van der Waals surface area (Å²) in [5.74, 6) is 2.61. The van der Waals surface area contributed by atoms with Crippen LogP contribution in [0.25, 0.3) is 0 Å². The van der Waals surface area contributed by atoms with Gasteiger partial charge in [-0.2, -0.15) is 0 Å². The van der Waals surface area contributed by atoms with E-state index in [0.717, 1.165) is 18.3 Å². The van der Waals surface area contributed by atoms with Crippen molar-refractivity contribution in [3.8, 4) is 0 Å². The van der Waals surface area contributed by atoms with Gasteiger partial charge in [0.2, 0.25) is 0 Å². The summed E-state index contributed by atoms with van der Waals surface area (Å²) < 4.78 is 1.93. The number of unbranched alkanes of at least 4 members (excludes halogenated alkanes) is 3. The summed E-state index contributed by atoms with van der Waals surface area (Å²) in [7, 11) is 0. The third-order valence-corrected chi connectivity index (χ3v) is 15.7. The zero-order chi connectivity index (χ0) is 26.0. The van der Waals surface area contributed by atoms with Crippen LogP contribution in [-0.4, -0.2) is 25.1 Å². The normalized spacial score (nSPS) is 22.4. The quantitative estimate of drug-likeness (QED) is 0.185. The Morgan fingerprint density at radius 2 is 1.25 bits per heavy atom.